The number of nitrogens with zero attached hydrogens (tertiary/aromatic N) is 4. The molecule has 114 valence electrons. The van der Waals surface area contributed by atoms with Gasteiger partial charge in [-0.15, -0.1) is 0 Å². The lowest BCUT2D eigenvalue weighted by Crippen LogP contribution is -2.23. The summed E-state index contributed by atoms with van der Waals surface area (Å²) in [6.07, 6.45) is 5.59. The molecule has 0 spiro atoms. The summed E-state index contributed by atoms with van der Waals surface area (Å²) in [4.78, 5) is 10.8. The molecule has 0 saturated carbocycles. The lowest BCUT2D eigenvalue weighted by molar-refractivity contribution is 0.588. The van der Waals surface area contributed by atoms with Crippen molar-refractivity contribution >= 4 is 17.4 Å². The molecule has 6 heteroatoms. The molecule has 0 saturated heterocycles. The van der Waals surface area contributed by atoms with Gasteiger partial charge in [-0.3, -0.25) is 0 Å². The van der Waals surface area contributed by atoms with Crippen molar-refractivity contribution in [3.63, 3.8) is 0 Å². The molecule has 0 atom stereocenters. The van der Waals surface area contributed by atoms with E-state index in [-0.39, 0.29) is 0 Å². The van der Waals surface area contributed by atoms with E-state index in [1.165, 1.54) is 0 Å². The average molecular weight is 308 g/mol. The maximum atomic E-state index is 6.36. The van der Waals surface area contributed by atoms with Crippen molar-refractivity contribution in [3.8, 4) is 0 Å². The van der Waals surface area contributed by atoms with Crippen LogP contribution in [-0.2, 0) is 20.1 Å². The Morgan fingerprint density at radius 2 is 2.14 bits per heavy atom. The van der Waals surface area contributed by atoms with Gasteiger partial charge in [0.05, 0.1) is 11.6 Å². The molecule has 21 heavy (non-hydrogen) atoms. The summed E-state index contributed by atoms with van der Waals surface area (Å²) in [5, 5.41) is 4.02. The Kier molecular flexibility index (Phi) is 5.20. The molecule has 0 unspecified atom stereocenters. The first-order valence-corrected chi connectivity index (χ1v) is 7.40. The Morgan fingerprint density at radius 1 is 1.38 bits per heavy atom. The van der Waals surface area contributed by atoms with Crippen LogP contribution in [0.1, 0.15) is 25.2 Å². The Bertz CT molecular complexity index is 593. The Hall–Kier alpha value is -1.59. The molecule has 0 aliphatic carbocycles. The molecular weight excluding hydrogens is 286 g/mol. The molecule has 0 amide bonds. The lowest BCUT2D eigenvalue weighted by Gasteiger charge is -2.19. The first kappa shape index (κ1) is 15.8. The quantitative estimate of drug-likeness (QED) is 0.891. The van der Waals surface area contributed by atoms with Crippen LogP contribution < -0.4 is 10.2 Å². The fourth-order valence-electron chi connectivity index (χ4n) is 2.01. The van der Waals surface area contributed by atoms with Gasteiger partial charge in [-0.1, -0.05) is 25.4 Å². The summed E-state index contributed by atoms with van der Waals surface area (Å²) in [7, 11) is 3.95. The molecule has 0 bridgehead atoms. The molecule has 5 nitrogen and oxygen atoms in total. The lowest BCUT2D eigenvalue weighted by atomic mass is 10.2. The van der Waals surface area contributed by atoms with Crippen LogP contribution in [0.15, 0.2) is 24.7 Å². The zero-order chi connectivity index (χ0) is 15.4. The summed E-state index contributed by atoms with van der Waals surface area (Å²) in [5.74, 6) is 1.74. The van der Waals surface area contributed by atoms with Gasteiger partial charge in [-0.25, -0.2) is 9.97 Å². The zero-order valence-electron chi connectivity index (χ0n) is 13.0. The Labute approximate surface area is 131 Å². The second-order valence-electron chi connectivity index (χ2n) is 5.50. The number of hydrogen-bond acceptors (Lipinski definition) is 4. The molecule has 0 aliphatic heterocycles. The largest absolute Gasteiger partial charge is 0.351 e. The van der Waals surface area contributed by atoms with Crippen LogP contribution in [-0.4, -0.2) is 27.6 Å². The molecule has 1 N–H and O–H groups in total. The van der Waals surface area contributed by atoms with E-state index in [1.54, 1.807) is 6.20 Å². The third kappa shape index (κ3) is 4.19. The summed E-state index contributed by atoms with van der Waals surface area (Å²) in [6.45, 7) is 5.67. The summed E-state index contributed by atoms with van der Waals surface area (Å²) >= 11 is 6.36. The zero-order valence-corrected chi connectivity index (χ0v) is 13.7. The highest BCUT2D eigenvalue weighted by atomic mass is 35.5. The maximum absolute atomic E-state index is 6.36. The van der Waals surface area contributed by atoms with Crippen molar-refractivity contribution in [2.24, 2.45) is 7.05 Å². The van der Waals surface area contributed by atoms with E-state index in [0.717, 1.165) is 23.8 Å². The van der Waals surface area contributed by atoms with Crippen molar-refractivity contribution in [3.05, 3.63) is 41.1 Å². The van der Waals surface area contributed by atoms with Gasteiger partial charge in [0, 0.05) is 45.3 Å². The van der Waals surface area contributed by atoms with Crippen molar-refractivity contribution in [1.29, 1.82) is 0 Å². The minimum atomic E-state index is 0.439. The topological polar surface area (TPSA) is 46.0 Å². The van der Waals surface area contributed by atoms with Crippen molar-refractivity contribution in [2.75, 3.05) is 11.9 Å². The molecule has 0 radical (unpaired) electrons. The van der Waals surface area contributed by atoms with Gasteiger partial charge in [0.25, 0.3) is 0 Å². The van der Waals surface area contributed by atoms with E-state index in [1.807, 2.05) is 42.0 Å². The number of aryl methyl sites for hydroxylation is 1. The molecule has 2 aromatic rings. The van der Waals surface area contributed by atoms with E-state index in [4.69, 9.17) is 11.6 Å². The summed E-state index contributed by atoms with van der Waals surface area (Å²) in [5.41, 5.74) is 1.09. The van der Waals surface area contributed by atoms with Gasteiger partial charge < -0.3 is 14.8 Å². The molecule has 2 aromatic heterocycles. The Morgan fingerprint density at radius 3 is 2.71 bits per heavy atom. The smallest absolute Gasteiger partial charge is 0.147 e. The van der Waals surface area contributed by atoms with Crippen molar-refractivity contribution < 1.29 is 0 Å². The molecule has 0 aliphatic rings. The monoisotopic (exact) mass is 307 g/mol. The fourth-order valence-corrected chi connectivity index (χ4v) is 2.34. The molecule has 0 aromatic carbocycles. The predicted molar refractivity (Wildman–Crippen MR) is 86.5 cm³/mol. The summed E-state index contributed by atoms with van der Waals surface area (Å²) < 4.78 is 1.99. The highest BCUT2D eigenvalue weighted by Gasteiger charge is 2.11. The summed E-state index contributed by atoms with van der Waals surface area (Å²) in [6, 6.07) is 2.41. The number of rotatable bonds is 6. The van der Waals surface area contributed by atoms with E-state index in [9.17, 15) is 0 Å². The van der Waals surface area contributed by atoms with Gasteiger partial charge in [-0.2, -0.15) is 0 Å². The number of hydrogen-bond donors (Lipinski definition) is 1. The number of pyridine rings is 1. The molecule has 0 fully saturated rings. The number of imidazole rings is 1. The highest BCUT2D eigenvalue weighted by molar-refractivity contribution is 6.33. The molecule has 2 rings (SSSR count). The van der Waals surface area contributed by atoms with Crippen LogP contribution in [0.25, 0.3) is 0 Å². The maximum Gasteiger partial charge on any atom is 0.147 e. The van der Waals surface area contributed by atoms with E-state index < -0.39 is 0 Å². The second kappa shape index (κ2) is 6.91. The SMILES string of the molecule is CC(C)NCc1cnc(N(C)Cc2nccn2C)c(Cl)c1. The minimum absolute atomic E-state index is 0.439. The van der Waals surface area contributed by atoms with Gasteiger partial charge in [-0.05, 0) is 11.6 Å². The van der Waals surface area contributed by atoms with Gasteiger partial charge in [0.1, 0.15) is 11.6 Å². The van der Waals surface area contributed by atoms with Crippen LogP contribution >= 0.6 is 11.6 Å². The third-order valence-electron chi connectivity index (χ3n) is 3.25. The number of nitrogens with one attached hydrogen (secondary N) is 1. The first-order valence-electron chi connectivity index (χ1n) is 7.02. The first-order chi connectivity index (χ1) is 9.97. The minimum Gasteiger partial charge on any atom is -0.351 e. The Balaban J connectivity index is 2.07. The van der Waals surface area contributed by atoms with Crippen molar-refractivity contribution in [1.82, 2.24) is 19.9 Å². The van der Waals surface area contributed by atoms with Gasteiger partial charge >= 0.3 is 0 Å². The number of anilines is 1. The predicted octanol–water partition coefficient (Wildman–Crippen LogP) is 2.60. The van der Waals surface area contributed by atoms with Crippen LogP contribution in [0, 0.1) is 0 Å². The van der Waals surface area contributed by atoms with Gasteiger partial charge in [0.2, 0.25) is 0 Å². The van der Waals surface area contributed by atoms with Crippen LogP contribution in [0.2, 0.25) is 5.02 Å². The van der Waals surface area contributed by atoms with Crippen LogP contribution in [0.4, 0.5) is 5.82 Å². The van der Waals surface area contributed by atoms with E-state index >= 15 is 0 Å². The normalized spacial score (nSPS) is 11.1. The number of aromatic nitrogens is 3. The fraction of sp³-hybridized carbons (Fsp3) is 0.467. The van der Waals surface area contributed by atoms with E-state index in [0.29, 0.717) is 17.6 Å². The van der Waals surface area contributed by atoms with Crippen LogP contribution in [0.3, 0.4) is 0 Å². The third-order valence-corrected chi connectivity index (χ3v) is 3.53. The molecule has 2 heterocycles. The van der Waals surface area contributed by atoms with Crippen molar-refractivity contribution in [2.45, 2.75) is 33.0 Å². The highest BCUT2D eigenvalue weighted by Crippen LogP contribution is 2.24. The average Bonchev–Trinajstić information content (AvgIpc) is 2.82. The molecular formula is C15H22ClN5. The van der Waals surface area contributed by atoms with E-state index in [2.05, 4.69) is 29.1 Å². The standard InChI is InChI=1S/C15H22ClN5/c1-11(2)18-8-12-7-13(16)15(19-9-12)21(4)10-14-17-5-6-20(14)3/h5-7,9,11,18H,8,10H2,1-4H3. The van der Waals surface area contributed by atoms with Crippen LogP contribution in [0.5, 0.6) is 0 Å². The second-order valence-corrected chi connectivity index (χ2v) is 5.90. The van der Waals surface area contributed by atoms with Gasteiger partial charge in [0.15, 0.2) is 0 Å². The number of halogens is 1.